The first kappa shape index (κ1) is 23.3. The van der Waals surface area contributed by atoms with Gasteiger partial charge in [-0.05, 0) is 34.7 Å². The molecule has 0 aliphatic carbocycles. The smallest absolute Gasteiger partial charge is 0.621 e. The SMILES string of the molecule is Cc1cc(C(C)(C)C)c([O][Al]([CH3])[O]S(=O)(=O)C(F)(F)F)c(C(C)(C)C)c1. The third-order valence-corrected chi connectivity index (χ3v) is 6.91. The number of benzene rings is 1. The predicted molar refractivity (Wildman–Crippen MR) is 96.9 cm³/mol. The maximum absolute atomic E-state index is 12.6. The van der Waals surface area contributed by atoms with Crippen LogP contribution in [0.3, 0.4) is 0 Å². The van der Waals surface area contributed by atoms with E-state index < -0.39 is 30.4 Å². The molecule has 1 rings (SSSR count). The summed E-state index contributed by atoms with van der Waals surface area (Å²) in [5.74, 6) is 1.68. The predicted octanol–water partition coefficient (Wildman–Crippen LogP) is 4.95. The maximum Gasteiger partial charge on any atom is 0.777 e. The number of hydrogen-bond donors (Lipinski definition) is 0. The van der Waals surface area contributed by atoms with E-state index in [1.165, 1.54) is 5.79 Å². The fraction of sp³-hybridized carbons (Fsp3) is 0.647. The lowest BCUT2D eigenvalue weighted by Gasteiger charge is -2.32. The first-order chi connectivity index (χ1) is 11.4. The fourth-order valence-corrected chi connectivity index (χ4v) is 5.04. The molecule has 0 amide bonds. The zero-order valence-electron chi connectivity index (χ0n) is 16.4. The van der Waals surface area contributed by atoms with Crippen LogP contribution in [0.4, 0.5) is 13.2 Å². The van der Waals surface area contributed by atoms with Gasteiger partial charge in [0.1, 0.15) is 0 Å². The lowest BCUT2D eigenvalue weighted by molar-refractivity contribution is -0.0505. The van der Waals surface area contributed by atoms with Crippen molar-refractivity contribution in [1.29, 1.82) is 0 Å². The minimum atomic E-state index is -5.69. The van der Waals surface area contributed by atoms with Gasteiger partial charge in [0.05, 0.1) is 5.75 Å². The second-order valence-corrected chi connectivity index (χ2v) is 11.9. The number of aryl methyl sites for hydroxylation is 1. The molecule has 4 nitrogen and oxygen atoms in total. The fourth-order valence-electron chi connectivity index (χ4n) is 2.43. The van der Waals surface area contributed by atoms with Crippen LogP contribution in [0.25, 0.3) is 0 Å². The summed E-state index contributed by atoms with van der Waals surface area (Å²) in [5.41, 5.74) is -3.57. The molecule has 0 saturated carbocycles. The highest BCUT2D eigenvalue weighted by Gasteiger charge is 2.50. The molecule has 148 valence electrons. The number of halogens is 3. The van der Waals surface area contributed by atoms with Gasteiger partial charge in [-0.1, -0.05) is 59.2 Å². The van der Waals surface area contributed by atoms with Crippen molar-refractivity contribution in [2.24, 2.45) is 0 Å². The van der Waals surface area contributed by atoms with Crippen LogP contribution in [0, 0.1) is 6.92 Å². The molecule has 0 atom stereocenters. The van der Waals surface area contributed by atoms with E-state index in [2.05, 4.69) is 3.23 Å². The van der Waals surface area contributed by atoms with Crippen molar-refractivity contribution in [1.82, 2.24) is 0 Å². The van der Waals surface area contributed by atoms with Crippen molar-refractivity contribution in [2.75, 3.05) is 0 Å². The van der Waals surface area contributed by atoms with E-state index in [1.54, 1.807) is 0 Å². The second kappa shape index (κ2) is 7.34. The van der Waals surface area contributed by atoms with E-state index in [9.17, 15) is 21.6 Å². The van der Waals surface area contributed by atoms with Crippen LogP contribution in [0.5, 0.6) is 5.75 Å². The van der Waals surface area contributed by atoms with Crippen molar-refractivity contribution in [3.63, 3.8) is 0 Å². The summed E-state index contributed by atoms with van der Waals surface area (Å²) in [6.07, 6.45) is 0. The zero-order chi connectivity index (χ0) is 20.7. The van der Waals surface area contributed by atoms with Gasteiger partial charge in [0.25, 0.3) is 0 Å². The molecular weight excluding hydrogens is 384 g/mol. The van der Waals surface area contributed by atoms with Crippen molar-refractivity contribution in [3.05, 3.63) is 28.8 Å². The molecule has 1 aromatic carbocycles. The monoisotopic (exact) mass is 410 g/mol. The normalized spacial score (nSPS) is 13.7. The topological polar surface area (TPSA) is 52.6 Å². The Bertz CT molecular complexity index is 725. The van der Waals surface area contributed by atoms with Crippen molar-refractivity contribution in [2.45, 2.75) is 70.6 Å². The highest BCUT2D eigenvalue weighted by molar-refractivity contribution is 7.88. The average molecular weight is 410 g/mol. The molecule has 0 heterocycles. The molecule has 0 saturated heterocycles. The van der Waals surface area contributed by atoms with Crippen molar-refractivity contribution >= 4 is 24.9 Å². The van der Waals surface area contributed by atoms with Crippen LogP contribution in [0.15, 0.2) is 12.1 Å². The summed E-state index contributed by atoms with van der Waals surface area (Å²) in [4.78, 5) is 0. The highest BCUT2D eigenvalue weighted by atomic mass is 32.2. The average Bonchev–Trinajstić information content (AvgIpc) is 2.35. The number of alkyl halides is 3. The number of rotatable bonds is 4. The Morgan fingerprint density at radius 3 is 1.62 bits per heavy atom. The lowest BCUT2D eigenvalue weighted by atomic mass is 9.78. The van der Waals surface area contributed by atoms with Gasteiger partial charge < -0.3 is 7.02 Å². The summed E-state index contributed by atoms with van der Waals surface area (Å²) in [6.45, 7) is 13.7. The first-order valence-electron chi connectivity index (χ1n) is 8.18. The van der Waals surface area contributed by atoms with Gasteiger partial charge in [-0.25, -0.2) is 0 Å². The quantitative estimate of drug-likeness (QED) is 0.520. The first-order valence-corrected chi connectivity index (χ1v) is 11.7. The molecule has 1 aromatic rings. The summed E-state index contributed by atoms with van der Waals surface area (Å²) < 4.78 is 70.4. The van der Waals surface area contributed by atoms with Gasteiger partial charge in [-0.2, -0.15) is 21.6 Å². The van der Waals surface area contributed by atoms with E-state index in [0.717, 1.165) is 16.7 Å². The highest BCUT2D eigenvalue weighted by Crippen LogP contribution is 2.41. The molecule has 0 radical (unpaired) electrons. The third kappa shape index (κ3) is 5.62. The van der Waals surface area contributed by atoms with Gasteiger partial charge in [0.2, 0.25) is 0 Å². The molecule has 0 bridgehead atoms. The van der Waals surface area contributed by atoms with E-state index in [4.69, 9.17) is 3.79 Å². The van der Waals surface area contributed by atoms with Gasteiger partial charge in [-0.15, -0.1) is 0 Å². The van der Waals surface area contributed by atoms with Crippen LogP contribution in [0.2, 0.25) is 5.79 Å². The van der Waals surface area contributed by atoms with Gasteiger partial charge in [-0.3, -0.25) is 0 Å². The summed E-state index contributed by atoms with van der Waals surface area (Å²) in [6, 6.07) is 3.81. The maximum atomic E-state index is 12.6. The molecule has 0 aromatic heterocycles. The molecule has 9 heteroatoms. The minimum absolute atomic E-state index is 0.349. The molecule has 0 aliphatic heterocycles. The van der Waals surface area contributed by atoms with E-state index in [0.29, 0.717) is 5.75 Å². The lowest BCUT2D eigenvalue weighted by Crippen LogP contribution is -2.35. The standard InChI is InChI=1S/C15H24O.CHF3O3S.CH3.Al/c1-10-8-11(14(2,3)4)13(16)12(9-10)15(5,6)7;2-1(3,4)8(5,6)7;;/h8-9,16H,1-7H3;(H,5,6,7);1H3;/q;;;+2/p-2. The Balaban J connectivity index is 3.43. The summed E-state index contributed by atoms with van der Waals surface area (Å²) in [7, 11) is -5.69. The van der Waals surface area contributed by atoms with Gasteiger partial charge in [0, 0.05) is 0 Å². The third-order valence-electron chi connectivity index (χ3n) is 3.68. The van der Waals surface area contributed by atoms with Crippen LogP contribution in [-0.2, 0) is 24.2 Å². The Kier molecular flexibility index (Phi) is 6.58. The molecule has 0 unspecified atom stereocenters. The van der Waals surface area contributed by atoms with E-state index in [1.807, 2.05) is 60.6 Å². The molecule has 0 fully saturated rings. The molecule has 0 N–H and O–H groups in total. The van der Waals surface area contributed by atoms with Crippen molar-refractivity contribution < 1.29 is 28.6 Å². The summed E-state index contributed by atoms with van der Waals surface area (Å²) >= 11 is -3.18. The molecule has 26 heavy (non-hydrogen) atoms. The Morgan fingerprint density at radius 1 is 0.923 bits per heavy atom. The summed E-state index contributed by atoms with van der Waals surface area (Å²) in [5, 5.41) is 0. The zero-order valence-corrected chi connectivity index (χ0v) is 18.4. The van der Waals surface area contributed by atoms with Crippen LogP contribution in [0.1, 0.15) is 58.2 Å². The molecule has 0 aliphatic rings. The number of hydrogen-bond acceptors (Lipinski definition) is 4. The second-order valence-electron chi connectivity index (χ2n) is 8.37. The Labute approximate surface area is 158 Å². The minimum Gasteiger partial charge on any atom is -0.621 e. The Morgan fingerprint density at radius 2 is 1.31 bits per heavy atom. The van der Waals surface area contributed by atoms with E-state index >= 15 is 0 Å². The Hall–Kier alpha value is -0.748. The largest absolute Gasteiger partial charge is 0.777 e. The van der Waals surface area contributed by atoms with Crippen LogP contribution in [-0.4, -0.2) is 28.7 Å². The molecular formula is C17H26AlF3O4S. The van der Waals surface area contributed by atoms with E-state index in [-0.39, 0.29) is 10.8 Å². The van der Waals surface area contributed by atoms with Crippen molar-refractivity contribution in [3.8, 4) is 5.75 Å². The van der Waals surface area contributed by atoms with Gasteiger partial charge in [0.15, 0.2) is 0 Å². The van der Waals surface area contributed by atoms with Crippen LogP contribution >= 0.6 is 0 Å². The van der Waals surface area contributed by atoms with Gasteiger partial charge >= 0.3 is 30.4 Å². The van der Waals surface area contributed by atoms with Crippen LogP contribution < -0.4 is 3.79 Å². The molecule has 0 spiro atoms.